The molecule has 2 rings (SSSR count). The minimum absolute atomic E-state index is 0.229. The first-order valence-corrected chi connectivity index (χ1v) is 7.68. The first kappa shape index (κ1) is 14.2. The van der Waals surface area contributed by atoms with Gasteiger partial charge in [0.25, 0.3) is 0 Å². The molecular weight excluding hydrogens is 355 g/mol. The molecule has 1 aromatic heterocycles. The lowest BCUT2D eigenvalue weighted by atomic mass is 10.1. The molecular formula is C13H11BrCl2OS. The van der Waals surface area contributed by atoms with E-state index in [1.807, 2.05) is 19.1 Å². The Hall–Kier alpha value is -0.220. The minimum atomic E-state index is -0.229. The Morgan fingerprint density at radius 2 is 2.06 bits per heavy atom. The highest BCUT2D eigenvalue weighted by Gasteiger charge is 2.18. The van der Waals surface area contributed by atoms with E-state index in [0.29, 0.717) is 10.8 Å². The molecule has 0 aliphatic carbocycles. The van der Waals surface area contributed by atoms with Gasteiger partial charge >= 0.3 is 0 Å². The molecule has 1 unspecified atom stereocenters. The molecule has 2 aromatic rings. The van der Waals surface area contributed by atoms with Crippen LogP contribution in [0.5, 0.6) is 5.75 Å². The Bertz CT molecular complexity index is 549. The van der Waals surface area contributed by atoms with Gasteiger partial charge in [0.2, 0.25) is 0 Å². The predicted molar refractivity (Wildman–Crippen MR) is 82.5 cm³/mol. The van der Waals surface area contributed by atoms with Crippen LogP contribution in [0.1, 0.15) is 21.4 Å². The van der Waals surface area contributed by atoms with Gasteiger partial charge in [-0.25, -0.2) is 0 Å². The monoisotopic (exact) mass is 364 g/mol. The van der Waals surface area contributed by atoms with Crippen LogP contribution < -0.4 is 4.74 Å². The summed E-state index contributed by atoms with van der Waals surface area (Å²) < 4.78 is 6.44. The van der Waals surface area contributed by atoms with Crippen LogP contribution in [0, 0.1) is 6.92 Å². The number of ether oxygens (including phenoxy) is 1. The molecule has 0 fully saturated rings. The number of thiophene rings is 1. The van der Waals surface area contributed by atoms with Crippen molar-refractivity contribution in [1.29, 1.82) is 0 Å². The zero-order valence-electron chi connectivity index (χ0n) is 9.84. The first-order valence-electron chi connectivity index (χ1n) is 5.26. The molecule has 1 heterocycles. The van der Waals surface area contributed by atoms with Crippen LogP contribution in [0.25, 0.3) is 0 Å². The number of alkyl halides is 1. The van der Waals surface area contributed by atoms with E-state index in [1.165, 1.54) is 5.56 Å². The van der Waals surface area contributed by atoms with Gasteiger partial charge in [-0.1, -0.05) is 17.7 Å². The Kier molecular flexibility index (Phi) is 4.59. The molecule has 5 heteroatoms. The molecule has 0 aliphatic heterocycles. The van der Waals surface area contributed by atoms with Crippen molar-refractivity contribution in [2.75, 3.05) is 7.11 Å². The molecule has 0 spiro atoms. The van der Waals surface area contributed by atoms with Crippen molar-refractivity contribution >= 4 is 50.5 Å². The maximum Gasteiger partial charge on any atom is 0.125 e. The maximum atomic E-state index is 6.52. The van der Waals surface area contributed by atoms with E-state index in [0.717, 1.165) is 14.2 Å². The van der Waals surface area contributed by atoms with E-state index in [-0.39, 0.29) is 5.38 Å². The summed E-state index contributed by atoms with van der Waals surface area (Å²) in [4.78, 5) is 1.08. The Morgan fingerprint density at radius 3 is 2.61 bits per heavy atom. The zero-order valence-corrected chi connectivity index (χ0v) is 13.8. The van der Waals surface area contributed by atoms with Crippen LogP contribution in [0.3, 0.4) is 0 Å². The Labute approximate surface area is 129 Å². The van der Waals surface area contributed by atoms with E-state index in [4.69, 9.17) is 27.9 Å². The summed E-state index contributed by atoms with van der Waals surface area (Å²) in [6, 6.07) is 7.59. The lowest BCUT2D eigenvalue weighted by Gasteiger charge is -2.13. The van der Waals surface area contributed by atoms with Crippen molar-refractivity contribution in [1.82, 2.24) is 0 Å². The topological polar surface area (TPSA) is 9.23 Å². The summed E-state index contributed by atoms with van der Waals surface area (Å²) in [6.45, 7) is 2.05. The maximum absolute atomic E-state index is 6.52. The van der Waals surface area contributed by atoms with Crippen molar-refractivity contribution in [3.63, 3.8) is 0 Å². The van der Waals surface area contributed by atoms with Crippen LogP contribution in [0.15, 0.2) is 28.1 Å². The Morgan fingerprint density at radius 1 is 1.33 bits per heavy atom. The molecule has 1 atom stereocenters. The molecule has 0 saturated heterocycles. The smallest absolute Gasteiger partial charge is 0.125 e. The molecule has 0 radical (unpaired) electrons. The predicted octanol–water partition coefficient (Wildman–Crippen LogP) is 5.81. The van der Waals surface area contributed by atoms with Crippen molar-refractivity contribution in [3.05, 3.63) is 49.1 Å². The van der Waals surface area contributed by atoms with Crippen molar-refractivity contribution in [2.45, 2.75) is 12.3 Å². The molecule has 18 heavy (non-hydrogen) atoms. The summed E-state index contributed by atoms with van der Waals surface area (Å²) in [7, 11) is 1.62. The third-order valence-electron chi connectivity index (χ3n) is 2.59. The van der Waals surface area contributed by atoms with Gasteiger partial charge in [0.15, 0.2) is 0 Å². The summed E-state index contributed by atoms with van der Waals surface area (Å²) >= 11 is 17.6. The fraction of sp³-hybridized carbons (Fsp3) is 0.231. The van der Waals surface area contributed by atoms with E-state index >= 15 is 0 Å². The molecule has 0 bridgehead atoms. The molecule has 0 amide bonds. The van der Waals surface area contributed by atoms with Crippen LogP contribution in [0.2, 0.25) is 5.02 Å². The number of hydrogen-bond acceptors (Lipinski definition) is 2. The van der Waals surface area contributed by atoms with Gasteiger partial charge in [0.1, 0.15) is 5.75 Å². The average molecular weight is 366 g/mol. The van der Waals surface area contributed by atoms with E-state index < -0.39 is 0 Å². The number of benzene rings is 1. The third kappa shape index (κ3) is 2.85. The van der Waals surface area contributed by atoms with Gasteiger partial charge < -0.3 is 4.74 Å². The van der Waals surface area contributed by atoms with Crippen LogP contribution >= 0.6 is 50.5 Å². The second-order valence-corrected chi connectivity index (χ2v) is 7.13. The molecule has 0 saturated carbocycles. The summed E-state index contributed by atoms with van der Waals surface area (Å²) in [5, 5.41) is 0.412. The highest BCUT2D eigenvalue weighted by atomic mass is 79.9. The second-order valence-electron chi connectivity index (χ2n) is 3.85. The third-order valence-corrected chi connectivity index (χ3v) is 5.63. The number of methoxy groups -OCH3 is 1. The van der Waals surface area contributed by atoms with Crippen LogP contribution in [0.4, 0.5) is 0 Å². The van der Waals surface area contributed by atoms with E-state index in [2.05, 4.69) is 22.0 Å². The number of halogens is 3. The number of rotatable bonds is 3. The first-order chi connectivity index (χ1) is 8.52. The second kappa shape index (κ2) is 5.83. The van der Waals surface area contributed by atoms with Gasteiger partial charge in [-0.15, -0.1) is 22.9 Å². The van der Waals surface area contributed by atoms with Crippen LogP contribution in [-0.4, -0.2) is 7.11 Å². The quantitative estimate of drug-likeness (QED) is 0.623. The lowest BCUT2D eigenvalue weighted by Crippen LogP contribution is -1.95. The van der Waals surface area contributed by atoms with Crippen molar-refractivity contribution in [3.8, 4) is 5.75 Å². The zero-order chi connectivity index (χ0) is 13.3. The minimum Gasteiger partial charge on any atom is -0.496 e. The van der Waals surface area contributed by atoms with Crippen molar-refractivity contribution in [2.24, 2.45) is 0 Å². The largest absolute Gasteiger partial charge is 0.496 e. The number of hydrogen-bond donors (Lipinski definition) is 0. The van der Waals surface area contributed by atoms with E-state index in [9.17, 15) is 0 Å². The van der Waals surface area contributed by atoms with Gasteiger partial charge in [-0.3, -0.25) is 0 Å². The molecule has 1 nitrogen and oxygen atoms in total. The Balaban J connectivity index is 2.42. The highest BCUT2D eigenvalue weighted by Crippen LogP contribution is 2.41. The average Bonchev–Trinajstić information content (AvgIpc) is 2.68. The van der Waals surface area contributed by atoms with Gasteiger partial charge in [0, 0.05) is 15.5 Å². The lowest BCUT2D eigenvalue weighted by molar-refractivity contribution is 0.410. The fourth-order valence-electron chi connectivity index (χ4n) is 1.66. The van der Waals surface area contributed by atoms with Gasteiger partial charge in [0.05, 0.1) is 16.3 Å². The van der Waals surface area contributed by atoms with Crippen LogP contribution in [-0.2, 0) is 0 Å². The molecule has 1 aromatic carbocycles. The molecule has 0 aliphatic rings. The van der Waals surface area contributed by atoms with E-state index in [1.54, 1.807) is 24.5 Å². The normalized spacial score (nSPS) is 12.5. The number of aryl methyl sites for hydroxylation is 1. The SMILES string of the molecule is COc1cc(Cl)ccc1C(Cl)c1cc(C)c(Br)s1. The van der Waals surface area contributed by atoms with Gasteiger partial charge in [-0.05, 0) is 46.6 Å². The summed E-state index contributed by atoms with van der Waals surface area (Å²) in [5.74, 6) is 0.713. The summed E-state index contributed by atoms with van der Waals surface area (Å²) in [5.41, 5.74) is 2.12. The van der Waals surface area contributed by atoms with Gasteiger partial charge in [-0.2, -0.15) is 0 Å². The fourth-order valence-corrected chi connectivity index (χ4v) is 3.76. The summed E-state index contributed by atoms with van der Waals surface area (Å²) in [6.07, 6.45) is 0. The molecule has 96 valence electrons. The van der Waals surface area contributed by atoms with Crippen molar-refractivity contribution < 1.29 is 4.74 Å². The molecule has 0 N–H and O–H groups in total. The highest BCUT2D eigenvalue weighted by molar-refractivity contribution is 9.11. The standard InChI is InChI=1S/C13H11BrCl2OS/c1-7-5-11(18-13(7)14)12(16)9-4-3-8(15)6-10(9)17-2/h3-6,12H,1-2H3.